The first kappa shape index (κ1) is 29.2. The van der Waals surface area contributed by atoms with Gasteiger partial charge in [0.1, 0.15) is 30.5 Å². The molecule has 1 aliphatic heterocycles. The minimum Gasteiger partial charge on any atom is -0.491 e. The topological polar surface area (TPSA) is 138 Å². The summed E-state index contributed by atoms with van der Waals surface area (Å²) in [5.41, 5.74) is 2.55. The second-order valence-corrected chi connectivity index (χ2v) is 11.2. The van der Waals surface area contributed by atoms with Crippen molar-refractivity contribution in [2.24, 2.45) is 0 Å². The van der Waals surface area contributed by atoms with Gasteiger partial charge in [-0.05, 0) is 63.3 Å². The molecular weight excluding hydrogens is 538 g/mol. The normalized spacial score (nSPS) is 16.9. The van der Waals surface area contributed by atoms with E-state index in [1.54, 1.807) is 45.3 Å². The van der Waals surface area contributed by atoms with Gasteiger partial charge in [-0.15, -0.1) is 0 Å². The number of amides is 1. The Morgan fingerprint density at radius 2 is 1.93 bits per heavy atom. The highest BCUT2D eigenvalue weighted by Crippen LogP contribution is 2.32. The highest BCUT2D eigenvalue weighted by atomic mass is 16.6. The van der Waals surface area contributed by atoms with Crippen molar-refractivity contribution < 1.29 is 28.9 Å². The largest absolute Gasteiger partial charge is 0.491 e. The van der Waals surface area contributed by atoms with E-state index in [0.29, 0.717) is 47.5 Å². The van der Waals surface area contributed by atoms with Crippen molar-refractivity contribution in [2.75, 3.05) is 11.9 Å². The van der Waals surface area contributed by atoms with E-state index in [4.69, 9.17) is 14.2 Å². The number of aryl methyl sites for hydroxylation is 1. The third kappa shape index (κ3) is 7.10. The number of benzene rings is 2. The Labute approximate surface area is 243 Å². The van der Waals surface area contributed by atoms with Gasteiger partial charge in [0.05, 0.1) is 19.0 Å². The summed E-state index contributed by atoms with van der Waals surface area (Å²) in [6.07, 6.45) is 4.41. The van der Waals surface area contributed by atoms with Crippen LogP contribution >= 0.6 is 0 Å². The van der Waals surface area contributed by atoms with Gasteiger partial charge in [0, 0.05) is 12.0 Å². The van der Waals surface area contributed by atoms with Gasteiger partial charge in [-0.1, -0.05) is 36.4 Å². The van der Waals surface area contributed by atoms with Crippen LogP contribution in [-0.4, -0.2) is 54.8 Å². The number of aliphatic hydroxyl groups is 1. The quantitative estimate of drug-likeness (QED) is 0.244. The first-order valence-electron chi connectivity index (χ1n) is 14.0. The van der Waals surface area contributed by atoms with Crippen LogP contribution in [-0.2, 0) is 22.5 Å². The van der Waals surface area contributed by atoms with E-state index >= 15 is 0 Å². The lowest BCUT2D eigenvalue weighted by molar-refractivity contribution is -0.0158. The molecular formula is C31H35N5O6. The minimum absolute atomic E-state index is 0.00130. The Kier molecular flexibility index (Phi) is 8.79. The number of aromatic nitrogens is 4. The molecule has 1 fully saturated rings. The van der Waals surface area contributed by atoms with Crippen LogP contribution in [0.4, 0.5) is 10.6 Å². The smallest absolute Gasteiger partial charge is 0.413 e. The molecule has 3 heterocycles. The second kappa shape index (κ2) is 12.7. The van der Waals surface area contributed by atoms with E-state index in [2.05, 4.69) is 20.3 Å². The van der Waals surface area contributed by atoms with Crippen LogP contribution in [0.15, 0.2) is 61.2 Å². The van der Waals surface area contributed by atoms with Crippen LogP contribution in [0.25, 0.3) is 11.2 Å². The maximum absolute atomic E-state index is 12.7. The fraction of sp³-hybridized carbons (Fsp3) is 0.387. The van der Waals surface area contributed by atoms with E-state index in [1.807, 2.05) is 34.9 Å². The van der Waals surface area contributed by atoms with Gasteiger partial charge in [0.15, 0.2) is 22.8 Å². The van der Waals surface area contributed by atoms with Crippen molar-refractivity contribution >= 4 is 28.9 Å². The fourth-order valence-electron chi connectivity index (χ4n) is 4.87. The number of Topliss-reactive ketones (excluding diaryl/α,β-unsaturated/α-hetero) is 1. The van der Waals surface area contributed by atoms with Crippen molar-refractivity contribution in [1.29, 1.82) is 0 Å². The summed E-state index contributed by atoms with van der Waals surface area (Å²) in [4.78, 5) is 37.9. The number of anilines is 1. The number of aliphatic hydroxyl groups excluding tert-OH is 1. The number of fused-ring (bicyclic) bond motifs is 1. The lowest BCUT2D eigenvalue weighted by Crippen LogP contribution is -2.27. The fourth-order valence-corrected chi connectivity index (χ4v) is 4.87. The lowest BCUT2D eigenvalue weighted by Gasteiger charge is -2.19. The molecule has 0 radical (unpaired) electrons. The van der Waals surface area contributed by atoms with Crippen LogP contribution in [0.1, 0.15) is 67.7 Å². The Hall–Kier alpha value is -4.35. The number of hydrogen-bond acceptors (Lipinski definition) is 9. The maximum Gasteiger partial charge on any atom is 0.413 e. The summed E-state index contributed by atoms with van der Waals surface area (Å²) < 4.78 is 19.5. The van der Waals surface area contributed by atoms with Crippen molar-refractivity contribution in [2.45, 2.75) is 71.0 Å². The summed E-state index contributed by atoms with van der Waals surface area (Å²) in [6, 6.07) is 14.8. The SMILES string of the molecule is CC(C)(C)OC(=O)Nc1ncnc2c1ncn2C1CCC(COc2cccc(CCC(=O)c3ccccc3CO)c2)O1. The molecule has 0 spiro atoms. The van der Waals surface area contributed by atoms with Crippen LogP contribution < -0.4 is 10.1 Å². The van der Waals surface area contributed by atoms with Gasteiger partial charge < -0.3 is 19.3 Å². The average Bonchev–Trinajstić information content (AvgIpc) is 3.62. The Morgan fingerprint density at radius 1 is 1.10 bits per heavy atom. The van der Waals surface area contributed by atoms with Crippen LogP contribution in [0.2, 0.25) is 0 Å². The molecule has 220 valence electrons. The van der Waals surface area contributed by atoms with Crippen LogP contribution in [0, 0.1) is 0 Å². The Morgan fingerprint density at radius 3 is 2.74 bits per heavy atom. The number of nitrogens with one attached hydrogen (secondary N) is 1. The highest BCUT2D eigenvalue weighted by Gasteiger charge is 2.29. The maximum atomic E-state index is 12.7. The van der Waals surface area contributed by atoms with Crippen molar-refractivity contribution in [3.63, 3.8) is 0 Å². The second-order valence-electron chi connectivity index (χ2n) is 11.2. The van der Waals surface area contributed by atoms with E-state index in [1.165, 1.54) is 6.33 Å². The molecule has 1 amide bonds. The van der Waals surface area contributed by atoms with E-state index in [0.717, 1.165) is 18.4 Å². The third-order valence-electron chi connectivity index (χ3n) is 6.84. The zero-order chi connectivity index (χ0) is 29.7. The summed E-state index contributed by atoms with van der Waals surface area (Å²) in [5, 5.41) is 12.2. The molecule has 1 aliphatic rings. The molecule has 0 bridgehead atoms. The van der Waals surface area contributed by atoms with E-state index in [-0.39, 0.29) is 30.5 Å². The molecule has 2 N–H and O–H groups in total. The monoisotopic (exact) mass is 573 g/mol. The number of ether oxygens (including phenoxy) is 3. The van der Waals surface area contributed by atoms with Gasteiger partial charge in [0.2, 0.25) is 0 Å². The first-order valence-corrected chi connectivity index (χ1v) is 14.0. The molecule has 2 aromatic carbocycles. The minimum atomic E-state index is -0.641. The summed E-state index contributed by atoms with van der Waals surface area (Å²) in [7, 11) is 0. The number of rotatable bonds is 10. The van der Waals surface area contributed by atoms with Gasteiger partial charge in [-0.25, -0.2) is 19.7 Å². The lowest BCUT2D eigenvalue weighted by atomic mass is 9.99. The van der Waals surface area contributed by atoms with Crippen LogP contribution in [0.5, 0.6) is 5.75 Å². The molecule has 11 heteroatoms. The number of carbonyl (C=O) groups is 2. The average molecular weight is 574 g/mol. The molecule has 0 aliphatic carbocycles. The van der Waals surface area contributed by atoms with Crippen molar-refractivity contribution in [3.8, 4) is 5.75 Å². The molecule has 42 heavy (non-hydrogen) atoms. The van der Waals surface area contributed by atoms with E-state index in [9.17, 15) is 14.7 Å². The molecule has 4 aromatic rings. The number of hydrogen-bond donors (Lipinski definition) is 2. The van der Waals surface area contributed by atoms with Gasteiger partial charge in [-0.3, -0.25) is 14.7 Å². The Bertz CT molecular complexity index is 1560. The van der Waals surface area contributed by atoms with Gasteiger partial charge >= 0.3 is 6.09 Å². The van der Waals surface area contributed by atoms with Crippen molar-refractivity contribution in [3.05, 3.63) is 77.9 Å². The number of ketones is 1. The summed E-state index contributed by atoms with van der Waals surface area (Å²) in [5.74, 6) is 0.980. The molecule has 2 unspecified atom stereocenters. The predicted molar refractivity (Wildman–Crippen MR) is 155 cm³/mol. The van der Waals surface area contributed by atoms with Crippen molar-refractivity contribution in [1.82, 2.24) is 19.5 Å². The highest BCUT2D eigenvalue weighted by molar-refractivity contribution is 5.97. The molecule has 2 atom stereocenters. The molecule has 0 saturated carbocycles. The standard InChI is InChI=1S/C31H35N5O6/c1-31(2,3)42-30(39)35-28-27-29(33-18-32-28)36(19-34-27)26-14-12-23(41-26)17-40-22-9-6-7-20(15-22)11-13-25(38)24-10-5-4-8-21(24)16-37/h4-10,15,18-19,23,26,37H,11-14,16-17H2,1-3H3,(H,32,33,35,39). The number of nitrogens with zero attached hydrogens (tertiary/aromatic N) is 4. The Balaban J connectivity index is 1.15. The van der Waals surface area contributed by atoms with Gasteiger partial charge in [0.25, 0.3) is 0 Å². The summed E-state index contributed by atoms with van der Waals surface area (Å²) >= 11 is 0. The first-order chi connectivity index (χ1) is 20.2. The third-order valence-corrected chi connectivity index (χ3v) is 6.84. The summed E-state index contributed by atoms with van der Waals surface area (Å²) in [6.45, 7) is 5.57. The zero-order valence-corrected chi connectivity index (χ0v) is 23.9. The molecule has 11 nitrogen and oxygen atoms in total. The number of carbonyl (C=O) groups excluding carboxylic acids is 2. The zero-order valence-electron chi connectivity index (χ0n) is 23.9. The van der Waals surface area contributed by atoms with Gasteiger partial charge in [-0.2, -0.15) is 0 Å². The van der Waals surface area contributed by atoms with E-state index < -0.39 is 11.7 Å². The van der Waals surface area contributed by atoms with Crippen LogP contribution in [0.3, 0.4) is 0 Å². The number of imidazole rings is 1. The molecule has 2 aromatic heterocycles. The predicted octanol–water partition coefficient (Wildman–Crippen LogP) is 5.24. The molecule has 5 rings (SSSR count). The molecule has 1 saturated heterocycles.